The molecule has 6 aromatic rings. The molecular weight excluding hydrogens is 859 g/mol. The van der Waals surface area contributed by atoms with E-state index in [-0.39, 0.29) is 64.2 Å². The Hall–Kier alpha value is -6.74. The summed E-state index contributed by atoms with van der Waals surface area (Å²) in [5, 5.41) is 25.5. The highest BCUT2D eigenvalue weighted by atomic mass is 32.2. The molecule has 2 fully saturated rings. The number of sulfone groups is 1. The summed E-state index contributed by atoms with van der Waals surface area (Å²) in [5.74, 6) is 5.13. The normalized spacial score (nSPS) is 18.7. The first-order valence-electron chi connectivity index (χ1n) is 20.6. The van der Waals surface area contributed by atoms with Crippen LogP contribution in [0, 0.1) is 36.5 Å². The van der Waals surface area contributed by atoms with Crippen LogP contribution in [0.1, 0.15) is 55.0 Å². The number of rotatable bonds is 11. The van der Waals surface area contributed by atoms with Gasteiger partial charge >= 0.3 is 0 Å². The summed E-state index contributed by atoms with van der Waals surface area (Å²) < 4.78 is 29.5. The van der Waals surface area contributed by atoms with Gasteiger partial charge in [-0.25, -0.2) is 23.4 Å². The van der Waals surface area contributed by atoms with E-state index < -0.39 is 16.4 Å². The number of anilines is 2. The second-order valence-electron chi connectivity index (χ2n) is 16.1. The van der Waals surface area contributed by atoms with Gasteiger partial charge in [0, 0.05) is 98.8 Å². The fourth-order valence-corrected chi connectivity index (χ4v) is 10.5. The van der Waals surface area contributed by atoms with Gasteiger partial charge in [-0.1, -0.05) is 30.8 Å². The first-order valence-corrected chi connectivity index (χ1v) is 23.3. The molecule has 334 valence electrons. The summed E-state index contributed by atoms with van der Waals surface area (Å²) in [6.45, 7) is 6.21. The lowest BCUT2D eigenvalue weighted by Crippen LogP contribution is -2.48. The number of hydrogen-bond donors (Lipinski definition) is 6. The minimum Gasteiger partial charge on any atom is -0.391 e. The Morgan fingerprint density at radius 3 is 1.91 bits per heavy atom. The van der Waals surface area contributed by atoms with E-state index in [0.717, 1.165) is 58.2 Å². The number of nitrogens with zero attached hydrogens (tertiary/aromatic N) is 6. The van der Waals surface area contributed by atoms with Crippen LogP contribution in [0.5, 0.6) is 0 Å². The van der Waals surface area contributed by atoms with Crippen molar-refractivity contribution >= 4 is 72.3 Å². The van der Waals surface area contributed by atoms with E-state index in [2.05, 4.69) is 71.7 Å². The van der Waals surface area contributed by atoms with E-state index in [9.17, 15) is 27.9 Å². The first kappa shape index (κ1) is 45.3. The predicted octanol–water partition coefficient (Wildman–Crippen LogP) is 4.50. The molecule has 0 bridgehead atoms. The molecule has 2 aliphatic rings. The molecule has 2 saturated heterocycles. The highest BCUT2D eigenvalue weighted by Gasteiger charge is 2.31. The second-order valence-corrected chi connectivity index (χ2v) is 19.1. The monoisotopic (exact) mass is 907 g/mol. The molecule has 6 aromatic heterocycles. The molecule has 4 atom stereocenters. The standard InChI is InChI=1S/C22H24N6O3.C22H25N5O4S2/c1-4-5-19(29)28-11-13(2)8-14(12-28)26-20-15-6-7-24-21(15)25-10-16(20)17-9-18(31-27-17)22(30)23-3;1-4-5-18(29)27-10-13(2)8-14(11-27)25-19-15-6-7-23-20(15)24-9-16(19)21-26-22(33(3,30)31)17(12-28)32-21/h1,6-7,9-10,13-14H,5,8,11-12H2,2-3H3,(H,23,30)(H2,24,25,26);1,6-7,9,13-14,28H,5,8,10-12H2,2-3H3,(H2,23,24,25)/t2*13-,14+/m00/s1. The molecule has 8 heterocycles. The molecule has 8 rings (SSSR count). The first-order chi connectivity index (χ1) is 30.7. The lowest BCUT2D eigenvalue weighted by atomic mass is 9.95. The van der Waals surface area contributed by atoms with Crippen LogP contribution in [0.3, 0.4) is 0 Å². The number of aliphatic hydroxyl groups is 1. The number of fused-ring (bicyclic) bond motifs is 2. The van der Waals surface area contributed by atoms with Crippen LogP contribution in [0.15, 0.2) is 52.5 Å². The average Bonchev–Trinajstić information content (AvgIpc) is 4.11. The van der Waals surface area contributed by atoms with Crippen LogP contribution in [0.4, 0.5) is 11.4 Å². The minimum atomic E-state index is -3.60. The third-order valence-corrected chi connectivity index (χ3v) is 13.3. The van der Waals surface area contributed by atoms with Crippen LogP contribution in [-0.4, -0.2) is 123 Å². The van der Waals surface area contributed by atoms with Crippen molar-refractivity contribution in [3.05, 3.63) is 53.6 Å². The lowest BCUT2D eigenvalue weighted by Gasteiger charge is -2.37. The van der Waals surface area contributed by atoms with Gasteiger partial charge in [0.25, 0.3) is 5.91 Å². The molecule has 2 aliphatic heterocycles. The quantitative estimate of drug-likeness (QED) is 0.0983. The molecule has 0 radical (unpaired) electrons. The van der Waals surface area contributed by atoms with Crippen molar-refractivity contribution in [2.24, 2.45) is 11.8 Å². The summed E-state index contributed by atoms with van der Waals surface area (Å²) in [5.41, 5.74) is 4.83. The number of carbonyl (C=O) groups excluding carboxylic acids is 3. The third kappa shape index (κ3) is 9.89. The van der Waals surface area contributed by atoms with E-state index >= 15 is 0 Å². The van der Waals surface area contributed by atoms with Crippen molar-refractivity contribution in [1.29, 1.82) is 0 Å². The molecule has 0 spiro atoms. The number of carbonyl (C=O) groups is 3. The predicted molar refractivity (Wildman–Crippen MR) is 244 cm³/mol. The molecule has 0 aliphatic carbocycles. The molecule has 0 aromatic carbocycles. The number of thiazole rings is 1. The number of nitrogens with one attached hydrogen (secondary N) is 5. The van der Waals surface area contributed by atoms with Gasteiger partial charge in [0.2, 0.25) is 17.6 Å². The third-order valence-electron chi connectivity index (χ3n) is 11.0. The molecule has 18 nitrogen and oxygen atoms in total. The number of aromatic amines is 2. The van der Waals surface area contributed by atoms with Crippen molar-refractivity contribution in [3.8, 4) is 46.5 Å². The van der Waals surface area contributed by atoms with Crippen molar-refractivity contribution in [3.63, 3.8) is 0 Å². The number of hydrogen-bond acceptors (Lipinski definition) is 14. The van der Waals surface area contributed by atoms with Gasteiger partial charge in [-0.3, -0.25) is 14.4 Å². The van der Waals surface area contributed by atoms with Crippen LogP contribution >= 0.6 is 11.3 Å². The zero-order valence-electron chi connectivity index (χ0n) is 35.8. The molecule has 0 saturated carbocycles. The van der Waals surface area contributed by atoms with Gasteiger partial charge in [-0.2, -0.15) is 0 Å². The number of piperidine rings is 2. The highest BCUT2D eigenvalue weighted by Crippen LogP contribution is 2.39. The van der Waals surface area contributed by atoms with E-state index in [0.29, 0.717) is 59.6 Å². The molecule has 0 unspecified atom stereocenters. The van der Waals surface area contributed by atoms with Gasteiger partial charge < -0.3 is 45.3 Å². The Morgan fingerprint density at radius 1 is 0.891 bits per heavy atom. The topological polar surface area (TPSA) is 244 Å². The van der Waals surface area contributed by atoms with Crippen molar-refractivity contribution in [1.82, 2.24) is 45.2 Å². The highest BCUT2D eigenvalue weighted by molar-refractivity contribution is 7.90. The fraction of sp³-hybridized carbons (Fsp3) is 0.386. The number of H-pyrrole nitrogens is 2. The van der Waals surface area contributed by atoms with Gasteiger partial charge in [0.1, 0.15) is 22.0 Å². The number of pyridine rings is 2. The summed E-state index contributed by atoms with van der Waals surface area (Å²) >= 11 is 1.12. The van der Waals surface area contributed by atoms with E-state index in [4.69, 9.17) is 17.4 Å². The van der Waals surface area contributed by atoms with Crippen LogP contribution < -0.4 is 16.0 Å². The fourth-order valence-electron chi connectivity index (χ4n) is 8.28. The summed E-state index contributed by atoms with van der Waals surface area (Å²) in [7, 11) is -2.07. The Kier molecular flexibility index (Phi) is 13.7. The van der Waals surface area contributed by atoms with Gasteiger partial charge in [-0.15, -0.1) is 24.2 Å². The van der Waals surface area contributed by atoms with Crippen LogP contribution in [0.2, 0.25) is 0 Å². The van der Waals surface area contributed by atoms with Crippen LogP contribution in [0.25, 0.3) is 43.9 Å². The lowest BCUT2D eigenvalue weighted by molar-refractivity contribution is -0.132. The van der Waals surface area contributed by atoms with Gasteiger partial charge in [0.15, 0.2) is 14.9 Å². The molecule has 20 heteroatoms. The summed E-state index contributed by atoms with van der Waals surface area (Å²) in [6, 6.07) is 5.39. The number of aromatic nitrogens is 6. The number of aliphatic hydroxyl groups excluding tert-OH is 1. The van der Waals surface area contributed by atoms with Crippen LogP contribution in [-0.2, 0) is 26.0 Å². The smallest absolute Gasteiger partial charge is 0.289 e. The molecule has 6 N–H and O–H groups in total. The molecule has 64 heavy (non-hydrogen) atoms. The average molecular weight is 908 g/mol. The largest absolute Gasteiger partial charge is 0.391 e. The summed E-state index contributed by atoms with van der Waals surface area (Å²) in [6.07, 6.45) is 20.6. The summed E-state index contributed by atoms with van der Waals surface area (Å²) in [4.78, 5) is 60.0. The number of amides is 3. The SMILES string of the molecule is C#CCC(=O)N1C[C@@H](C)C[C@@H](Nc2c(-c3cc(C(=O)NC)on3)cnc3[nH]ccc23)C1.C#CCC(=O)N1C[C@@H](C)C[C@@H](Nc2c(-c3nc(S(C)(=O)=O)c(CO)s3)cnc3[nH]ccc23)C1. The zero-order valence-corrected chi connectivity index (χ0v) is 37.4. The van der Waals surface area contributed by atoms with Crippen molar-refractivity contribution < 1.29 is 32.4 Å². The van der Waals surface area contributed by atoms with Gasteiger partial charge in [-0.05, 0) is 36.8 Å². The van der Waals surface area contributed by atoms with E-state index in [1.54, 1.807) is 29.6 Å². The van der Waals surface area contributed by atoms with Crippen molar-refractivity contribution in [2.75, 3.05) is 50.1 Å². The van der Waals surface area contributed by atoms with E-state index in [1.807, 2.05) is 23.2 Å². The maximum absolute atomic E-state index is 12.4. The molecular formula is C44H49N11O7S2. The Balaban J connectivity index is 0.000000192. The zero-order chi connectivity index (χ0) is 45.7. The number of likely N-dealkylation sites (tertiary alicyclic amines) is 2. The van der Waals surface area contributed by atoms with Crippen molar-refractivity contribution in [2.45, 2.75) is 63.2 Å². The minimum absolute atomic E-state index is 0.0232. The Morgan fingerprint density at radius 2 is 1.42 bits per heavy atom. The van der Waals surface area contributed by atoms with E-state index in [1.165, 1.54) is 7.05 Å². The number of terminal acetylenes is 2. The van der Waals surface area contributed by atoms with Gasteiger partial charge in [0.05, 0.1) is 41.3 Å². The Labute approximate surface area is 373 Å². The maximum atomic E-state index is 12.4. The molecule has 3 amide bonds. The second kappa shape index (κ2) is 19.3. The maximum Gasteiger partial charge on any atom is 0.289 e. The Bertz CT molecular complexity index is 2890.